The molecule has 0 spiro atoms. The minimum Gasteiger partial charge on any atom is -0.346 e. The van der Waals surface area contributed by atoms with E-state index < -0.39 is 0 Å². The molecule has 1 heterocycles. The first-order valence-corrected chi connectivity index (χ1v) is 6.54. The first kappa shape index (κ1) is 12.1. The van der Waals surface area contributed by atoms with Crippen LogP contribution >= 0.6 is 0 Å². The average molecular weight is 235 g/mol. The zero-order valence-corrected chi connectivity index (χ0v) is 10.7. The van der Waals surface area contributed by atoms with E-state index in [2.05, 4.69) is 23.5 Å². The Morgan fingerprint density at radius 1 is 1.53 bits per heavy atom. The maximum atomic E-state index is 11.5. The number of carbonyl (C=O) groups excluding carboxylic acids is 1. The summed E-state index contributed by atoms with van der Waals surface area (Å²) in [4.78, 5) is 11.5. The molecule has 94 valence electrons. The third kappa shape index (κ3) is 2.68. The maximum absolute atomic E-state index is 11.5. The molecule has 2 rings (SSSR count). The summed E-state index contributed by atoms with van der Waals surface area (Å²) in [5.41, 5.74) is 1.06. The minimum atomic E-state index is -0.0996. The van der Waals surface area contributed by atoms with Crippen molar-refractivity contribution < 1.29 is 4.79 Å². The van der Waals surface area contributed by atoms with Crippen molar-refractivity contribution in [3.05, 3.63) is 18.0 Å². The quantitative estimate of drug-likeness (QED) is 0.821. The molecular weight excluding hydrogens is 214 g/mol. The van der Waals surface area contributed by atoms with E-state index in [1.165, 1.54) is 6.42 Å². The molecule has 1 aromatic rings. The molecule has 4 heteroatoms. The number of aromatic nitrogens is 2. The van der Waals surface area contributed by atoms with E-state index in [0.717, 1.165) is 31.4 Å². The van der Waals surface area contributed by atoms with Gasteiger partial charge in [0.15, 0.2) is 0 Å². The first-order chi connectivity index (χ1) is 8.20. The smallest absolute Gasteiger partial charge is 0.220 e. The van der Waals surface area contributed by atoms with Crippen molar-refractivity contribution in [1.82, 2.24) is 15.1 Å². The van der Waals surface area contributed by atoms with Gasteiger partial charge in [-0.15, -0.1) is 0 Å². The Bertz CT molecular complexity index is 393. The predicted octanol–water partition coefficient (Wildman–Crippen LogP) is 2.20. The van der Waals surface area contributed by atoms with Crippen LogP contribution in [-0.4, -0.2) is 15.7 Å². The van der Waals surface area contributed by atoms with Gasteiger partial charge in [0, 0.05) is 24.7 Å². The van der Waals surface area contributed by atoms with E-state index in [-0.39, 0.29) is 11.4 Å². The van der Waals surface area contributed by atoms with Gasteiger partial charge in [-0.25, -0.2) is 0 Å². The monoisotopic (exact) mass is 235 g/mol. The summed E-state index contributed by atoms with van der Waals surface area (Å²) in [6, 6.07) is 0. The molecule has 0 aliphatic heterocycles. The number of carbonyl (C=O) groups is 1. The van der Waals surface area contributed by atoms with Gasteiger partial charge in [0.05, 0.1) is 11.7 Å². The number of unbranched alkanes of at least 4 members (excludes halogenated alkanes) is 1. The van der Waals surface area contributed by atoms with Crippen LogP contribution in [0.3, 0.4) is 0 Å². The van der Waals surface area contributed by atoms with E-state index >= 15 is 0 Å². The number of nitrogens with zero attached hydrogens (tertiary/aromatic N) is 2. The molecule has 4 nitrogen and oxygen atoms in total. The summed E-state index contributed by atoms with van der Waals surface area (Å²) in [5.74, 6) is 0.129. The molecule has 1 N–H and O–H groups in total. The molecule has 1 saturated carbocycles. The summed E-state index contributed by atoms with van der Waals surface area (Å²) < 4.78 is 1.98. The fourth-order valence-corrected chi connectivity index (χ4v) is 2.02. The summed E-state index contributed by atoms with van der Waals surface area (Å²) in [6.07, 6.45) is 8.93. The second-order valence-corrected chi connectivity index (χ2v) is 4.83. The Morgan fingerprint density at radius 2 is 2.29 bits per heavy atom. The first-order valence-electron chi connectivity index (χ1n) is 6.54. The van der Waals surface area contributed by atoms with Gasteiger partial charge in [0.2, 0.25) is 5.91 Å². The molecule has 0 atom stereocenters. The van der Waals surface area contributed by atoms with Gasteiger partial charge in [-0.2, -0.15) is 5.10 Å². The molecule has 1 aliphatic rings. The number of hydrogen-bond acceptors (Lipinski definition) is 2. The molecule has 0 aromatic carbocycles. The third-order valence-electron chi connectivity index (χ3n) is 3.38. The van der Waals surface area contributed by atoms with Crippen LogP contribution in [-0.2, 0) is 16.9 Å². The fourth-order valence-electron chi connectivity index (χ4n) is 2.02. The normalized spacial score (nSPS) is 16.8. The number of nitrogens with one attached hydrogen (secondary N) is 1. The van der Waals surface area contributed by atoms with Crippen molar-refractivity contribution >= 4 is 5.91 Å². The summed E-state index contributed by atoms with van der Waals surface area (Å²) in [5, 5.41) is 7.47. The highest BCUT2D eigenvalue weighted by atomic mass is 16.1. The lowest BCUT2D eigenvalue weighted by molar-refractivity contribution is -0.121. The lowest BCUT2D eigenvalue weighted by Gasteiger charge is -2.14. The zero-order chi connectivity index (χ0) is 12.3. The number of rotatable bonds is 6. The average Bonchev–Trinajstić information content (AvgIpc) is 2.95. The second kappa shape index (κ2) is 4.90. The van der Waals surface area contributed by atoms with E-state index in [9.17, 15) is 4.79 Å². The van der Waals surface area contributed by atoms with Gasteiger partial charge in [0.1, 0.15) is 0 Å². The SMILES string of the molecule is CCCCn1cc(C2(NC(=O)CC)CC2)cn1. The van der Waals surface area contributed by atoms with Gasteiger partial charge in [-0.3, -0.25) is 9.48 Å². The molecular formula is C13H21N3O. The van der Waals surface area contributed by atoms with Crippen LogP contribution in [0.5, 0.6) is 0 Å². The van der Waals surface area contributed by atoms with Crippen LogP contribution in [0.15, 0.2) is 12.4 Å². The van der Waals surface area contributed by atoms with Gasteiger partial charge in [0.25, 0.3) is 0 Å². The van der Waals surface area contributed by atoms with Crippen LogP contribution in [0, 0.1) is 0 Å². The molecule has 0 bridgehead atoms. The van der Waals surface area contributed by atoms with Crippen molar-refractivity contribution in [3.8, 4) is 0 Å². The third-order valence-corrected chi connectivity index (χ3v) is 3.38. The standard InChI is InChI=1S/C13H21N3O/c1-3-5-8-16-10-11(9-14-16)13(6-7-13)15-12(17)4-2/h9-10H,3-8H2,1-2H3,(H,15,17). The number of hydrogen-bond donors (Lipinski definition) is 1. The van der Waals surface area contributed by atoms with Crippen molar-refractivity contribution in [1.29, 1.82) is 0 Å². The highest BCUT2D eigenvalue weighted by molar-refractivity contribution is 5.77. The Hall–Kier alpha value is -1.32. The Labute approximate surface area is 102 Å². The molecule has 1 amide bonds. The van der Waals surface area contributed by atoms with E-state index in [1.807, 2.05) is 17.8 Å². The highest BCUT2D eigenvalue weighted by Gasteiger charge is 2.46. The van der Waals surface area contributed by atoms with Crippen LogP contribution < -0.4 is 5.32 Å². The Kier molecular flexibility index (Phi) is 3.50. The van der Waals surface area contributed by atoms with Crippen LogP contribution in [0.2, 0.25) is 0 Å². The number of aryl methyl sites for hydroxylation is 1. The van der Waals surface area contributed by atoms with Crippen LogP contribution in [0.4, 0.5) is 0 Å². The molecule has 1 fully saturated rings. The van der Waals surface area contributed by atoms with Crippen molar-refractivity contribution in [2.45, 2.75) is 58.0 Å². The zero-order valence-electron chi connectivity index (χ0n) is 10.7. The van der Waals surface area contributed by atoms with Crippen molar-refractivity contribution in [3.63, 3.8) is 0 Å². The Balaban J connectivity index is 2.01. The number of amides is 1. The van der Waals surface area contributed by atoms with Crippen LogP contribution in [0.25, 0.3) is 0 Å². The summed E-state index contributed by atoms with van der Waals surface area (Å²) in [6.45, 7) is 5.03. The molecule has 1 aliphatic carbocycles. The molecule has 1 aromatic heterocycles. The topological polar surface area (TPSA) is 46.9 Å². The second-order valence-electron chi connectivity index (χ2n) is 4.83. The minimum absolute atomic E-state index is 0.0996. The van der Waals surface area contributed by atoms with E-state index in [0.29, 0.717) is 6.42 Å². The largest absolute Gasteiger partial charge is 0.346 e. The molecule has 17 heavy (non-hydrogen) atoms. The molecule has 0 radical (unpaired) electrons. The van der Waals surface area contributed by atoms with E-state index in [4.69, 9.17) is 0 Å². The van der Waals surface area contributed by atoms with Crippen LogP contribution in [0.1, 0.15) is 51.5 Å². The van der Waals surface area contributed by atoms with Crippen molar-refractivity contribution in [2.24, 2.45) is 0 Å². The predicted molar refractivity (Wildman–Crippen MR) is 66.5 cm³/mol. The van der Waals surface area contributed by atoms with Crippen molar-refractivity contribution in [2.75, 3.05) is 0 Å². The summed E-state index contributed by atoms with van der Waals surface area (Å²) in [7, 11) is 0. The Morgan fingerprint density at radius 3 is 2.88 bits per heavy atom. The van der Waals surface area contributed by atoms with Gasteiger partial charge >= 0.3 is 0 Å². The van der Waals surface area contributed by atoms with E-state index in [1.54, 1.807) is 0 Å². The fraction of sp³-hybridized carbons (Fsp3) is 0.692. The lowest BCUT2D eigenvalue weighted by atomic mass is 10.1. The highest BCUT2D eigenvalue weighted by Crippen LogP contribution is 2.45. The molecule has 0 unspecified atom stereocenters. The molecule has 0 saturated heterocycles. The van der Waals surface area contributed by atoms with Gasteiger partial charge < -0.3 is 5.32 Å². The maximum Gasteiger partial charge on any atom is 0.220 e. The van der Waals surface area contributed by atoms with Gasteiger partial charge in [-0.1, -0.05) is 20.3 Å². The van der Waals surface area contributed by atoms with Gasteiger partial charge in [-0.05, 0) is 19.3 Å². The lowest BCUT2D eigenvalue weighted by Crippen LogP contribution is -2.34. The summed E-state index contributed by atoms with van der Waals surface area (Å²) >= 11 is 0.